The van der Waals surface area contributed by atoms with Gasteiger partial charge in [-0.25, -0.2) is 4.39 Å². The zero-order valence-electron chi connectivity index (χ0n) is 8.24. The lowest BCUT2D eigenvalue weighted by molar-refractivity contribution is -0.138. The molecule has 0 bridgehead atoms. The van der Waals surface area contributed by atoms with E-state index in [-0.39, 0.29) is 6.42 Å². The molecule has 0 aliphatic carbocycles. The summed E-state index contributed by atoms with van der Waals surface area (Å²) in [6.45, 7) is 0. The first-order chi connectivity index (χ1) is 7.04. The number of methoxy groups -OCH3 is 1. The molecule has 1 atom stereocenters. The van der Waals surface area contributed by atoms with Gasteiger partial charge in [0.15, 0.2) is 0 Å². The Labute approximate surface area is 86.5 Å². The van der Waals surface area contributed by atoms with Crippen molar-refractivity contribution >= 4 is 5.97 Å². The molecule has 0 heterocycles. The van der Waals surface area contributed by atoms with Crippen molar-refractivity contribution in [3.8, 4) is 5.75 Å². The van der Waals surface area contributed by atoms with Gasteiger partial charge in [-0.2, -0.15) is 0 Å². The van der Waals surface area contributed by atoms with Gasteiger partial charge in [0.2, 0.25) is 0 Å². The highest BCUT2D eigenvalue weighted by atomic mass is 19.1. The maximum Gasteiger partial charge on any atom is 0.320 e. The third kappa shape index (κ3) is 2.92. The lowest BCUT2D eigenvalue weighted by Gasteiger charge is -2.10. The van der Waals surface area contributed by atoms with E-state index in [9.17, 15) is 9.18 Å². The number of carboxylic acids is 1. The standard InChI is InChI=1S/C10H12FNO3/c1-15-9-3-2-7(11)4-6(9)5-8(12)10(13)14/h2-4,8H,5,12H2,1H3,(H,13,14)/t8-/m1/s1. The van der Waals surface area contributed by atoms with Crippen LogP contribution < -0.4 is 10.5 Å². The molecule has 5 heteroatoms. The van der Waals surface area contributed by atoms with E-state index in [4.69, 9.17) is 15.6 Å². The van der Waals surface area contributed by atoms with E-state index in [1.807, 2.05) is 0 Å². The molecule has 1 rings (SSSR count). The van der Waals surface area contributed by atoms with Crippen molar-refractivity contribution in [3.05, 3.63) is 29.6 Å². The molecule has 0 radical (unpaired) electrons. The van der Waals surface area contributed by atoms with Gasteiger partial charge < -0.3 is 15.6 Å². The fourth-order valence-electron chi connectivity index (χ4n) is 1.23. The van der Waals surface area contributed by atoms with Crippen LogP contribution in [0.1, 0.15) is 5.56 Å². The first kappa shape index (κ1) is 11.5. The number of ether oxygens (including phenoxy) is 1. The second-order valence-electron chi connectivity index (χ2n) is 3.11. The Balaban J connectivity index is 2.91. The summed E-state index contributed by atoms with van der Waals surface area (Å²) in [5, 5.41) is 8.62. The minimum atomic E-state index is -1.12. The number of carbonyl (C=O) groups is 1. The van der Waals surface area contributed by atoms with E-state index in [2.05, 4.69) is 0 Å². The fraction of sp³-hybridized carbons (Fsp3) is 0.300. The number of halogens is 1. The van der Waals surface area contributed by atoms with Gasteiger partial charge in [-0.15, -0.1) is 0 Å². The predicted octanol–water partition coefficient (Wildman–Crippen LogP) is 0.789. The van der Waals surface area contributed by atoms with Gasteiger partial charge in [0.25, 0.3) is 0 Å². The van der Waals surface area contributed by atoms with Crippen LogP contribution >= 0.6 is 0 Å². The quantitative estimate of drug-likeness (QED) is 0.775. The molecule has 0 saturated carbocycles. The van der Waals surface area contributed by atoms with Crippen molar-refractivity contribution in [3.63, 3.8) is 0 Å². The van der Waals surface area contributed by atoms with E-state index >= 15 is 0 Å². The zero-order valence-corrected chi connectivity index (χ0v) is 8.24. The number of nitrogens with two attached hydrogens (primary N) is 1. The number of hydrogen-bond acceptors (Lipinski definition) is 3. The summed E-state index contributed by atoms with van der Waals surface area (Å²) < 4.78 is 17.9. The molecule has 82 valence electrons. The molecule has 0 aliphatic heterocycles. The van der Waals surface area contributed by atoms with Crippen LogP contribution in [-0.2, 0) is 11.2 Å². The lowest BCUT2D eigenvalue weighted by Crippen LogP contribution is -2.32. The van der Waals surface area contributed by atoms with Crippen LogP contribution in [0.15, 0.2) is 18.2 Å². The van der Waals surface area contributed by atoms with Crippen LogP contribution in [0.25, 0.3) is 0 Å². The summed E-state index contributed by atoms with van der Waals surface area (Å²) in [4.78, 5) is 10.5. The van der Waals surface area contributed by atoms with E-state index in [1.165, 1.54) is 25.3 Å². The van der Waals surface area contributed by atoms with Crippen molar-refractivity contribution in [1.82, 2.24) is 0 Å². The molecule has 0 spiro atoms. The molecule has 1 aromatic rings. The topological polar surface area (TPSA) is 72.5 Å². The monoisotopic (exact) mass is 213 g/mol. The Hall–Kier alpha value is -1.62. The molecule has 0 amide bonds. The minimum absolute atomic E-state index is 0.0380. The molecule has 0 fully saturated rings. The summed E-state index contributed by atoms with van der Waals surface area (Å²) in [5.41, 5.74) is 5.80. The highest BCUT2D eigenvalue weighted by Crippen LogP contribution is 2.20. The van der Waals surface area contributed by atoms with Crippen LogP contribution in [0, 0.1) is 5.82 Å². The third-order valence-electron chi connectivity index (χ3n) is 2.00. The molecule has 1 aromatic carbocycles. The molecular formula is C10H12FNO3. The molecule has 0 unspecified atom stereocenters. The Morgan fingerprint density at radius 3 is 2.87 bits per heavy atom. The molecule has 0 saturated heterocycles. The van der Waals surface area contributed by atoms with Gasteiger partial charge in [0.05, 0.1) is 7.11 Å². The zero-order chi connectivity index (χ0) is 11.4. The third-order valence-corrected chi connectivity index (χ3v) is 2.00. The number of aliphatic carboxylic acids is 1. The van der Waals surface area contributed by atoms with Gasteiger partial charge in [0, 0.05) is 6.42 Å². The Morgan fingerprint density at radius 2 is 2.33 bits per heavy atom. The van der Waals surface area contributed by atoms with Crippen molar-refractivity contribution in [2.24, 2.45) is 5.73 Å². The smallest absolute Gasteiger partial charge is 0.320 e. The van der Waals surface area contributed by atoms with Crippen LogP contribution in [0.2, 0.25) is 0 Å². The number of rotatable bonds is 4. The van der Waals surface area contributed by atoms with E-state index in [0.717, 1.165) is 0 Å². The van der Waals surface area contributed by atoms with Crippen LogP contribution in [0.5, 0.6) is 5.75 Å². The molecule has 0 aliphatic rings. The van der Waals surface area contributed by atoms with Crippen molar-refractivity contribution in [2.75, 3.05) is 7.11 Å². The van der Waals surface area contributed by atoms with E-state index in [0.29, 0.717) is 11.3 Å². The van der Waals surface area contributed by atoms with Crippen LogP contribution in [0.3, 0.4) is 0 Å². The van der Waals surface area contributed by atoms with E-state index in [1.54, 1.807) is 0 Å². The summed E-state index contributed by atoms with van der Waals surface area (Å²) in [6, 6.07) is 2.86. The lowest BCUT2D eigenvalue weighted by atomic mass is 10.1. The normalized spacial score (nSPS) is 12.2. The second-order valence-corrected chi connectivity index (χ2v) is 3.11. The van der Waals surface area contributed by atoms with Gasteiger partial charge in [-0.05, 0) is 23.8 Å². The SMILES string of the molecule is COc1ccc(F)cc1C[C@@H](N)C(=O)O. The maximum atomic E-state index is 12.9. The number of carboxylic acid groups (broad SMARTS) is 1. The molecule has 0 aromatic heterocycles. The predicted molar refractivity (Wildman–Crippen MR) is 52.3 cm³/mol. The number of hydrogen-bond donors (Lipinski definition) is 2. The molecular weight excluding hydrogens is 201 g/mol. The Bertz CT molecular complexity index is 368. The van der Waals surface area contributed by atoms with Gasteiger partial charge in [0.1, 0.15) is 17.6 Å². The Kier molecular flexibility index (Phi) is 3.62. The second kappa shape index (κ2) is 4.75. The largest absolute Gasteiger partial charge is 0.496 e. The van der Waals surface area contributed by atoms with Crippen molar-refractivity contribution < 1.29 is 19.0 Å². The first-order valence-corrected chi connectivity index (χ1v) is 4.35. The van der Waals surface area contributed by atoms with Crippen molar-refractivity contribution in [2.45, 2.75) is 12.5 Å². The maximum absolute atomic E-state index is 12.9. The molecule has 4 nitrogen and oxygen atoms in total. The summed E-state index contributed by atoms with van der Waals surface area (Å²) >= 11 is 0. The summed E-state index contributed by atoms with van der Waals surface area (Å²) in [5.74, 6) is -1.13. The Morgan fingerprint density at radius 1 is 1.67 bits per heavy atom. The summed E-state index contributed by atoms with van der Waals surface area (Å²) in [6.07, 6.45) is 0.0380. The van der Waals surface area contributed by atoms with Crippen molar-refractivity contribution in [1.29, 1.82) is 0 Å². The van der Waals surface area contributed by atoms with Crippen LogP contribution in [-0.4, -0.2) is 24.2 Å². The molecule has 3 N–H and O–H groups in total. The van der Waals surface area contributed by atoms with Crippen LogP contribution in [0.4, 0.5) is 4.39 Å². The minimum Gasteiger partial charge on any atom is -0.496 e. The van der Waals surface area contributed by atoms with E-state index < -0.39 is 17.8 Å². The van der Waals surface area contributed by atoms with Gasteiger partial charge in [-0.3, -0.25) is 4.79 Å². The average molecular weight is 213 g/mol. The average Bonchev–Trinajstić information content (AvgIpc) is 2.18. The first-order valence-electron chi connectivity index (χ1n) is 4.35. The number of benzene rings is 1. The fourth-order valence-corrected chi connectivity index (χ4v) is 1.23. The highest BCUT2D eigenvalue weighted by Gasteiger charge is 2.15. The summed E-state index contributed by atoms with van der Waals surface area (Å²) in [7, 11) is 1.43. The molecule has 15 heavy (non-hydrogen) atoms. The van der Waals surface area contributed by atoms with Gasteiger partial charge >= 0.3 is 5.97 Å². The highest BCUT2D eigenvalue weighted by molar-refractivity contribution is 5.73. The van der Waals surface area contributed by atoms with Gasteiger partial charge in [-0.1, -0.05) is 0 Å².